The summed E-state index contributed by atoms with van der Waals surface area (Å²) in [5.74, 6) is 1.92. The Morgan fingerprint density at radius 1 is 1.25 bits per heavy atom. The van der Waals surface area contributed by atoms with Gasteiger partial charge in [0.15, 0.2) is 0 Å². The van der Waals surface area contributed by atoms with Gasteiger partial charge < -0.3 is 16.6 Å². The van der Waals surface area contributed by atoms with E-state index in [2.05, 4.69) is 31.0 Å². The van der Waals surface area contributed by atoms with Crippen molar-refractivity contribution in [3.8, 4) is 0 Å². The zero-order valence-corrected chi connectivity index (χ0v) is 17.7. The summed E-state index contributed by atoms with van der Waals surface area (Å²) in [7, 11) is 0. The Kier molecular flexibility index (Phi) is 6.18. The van der Waals surface area contributed by atoms with Crippen LogP contribution >= 0.6 is 0 Å². The van der Waals surface area contributed by atoms with E-state index in [0.29, 0.717) is 17.6 Å². The average Bonchev–Trinajstić information content (AvgIpc) is 2.65. The molecule has 158 valence electrons. The van der Waals surface area contributed by atoms with Crippen LogP contribution in [-0.4, -0.2) is 29.2 Å². The highest BCUT2D eigenvalue weighted by molar-refractivity contribution is 5.88. The lowest BCUT2D eigenvalue weighted by Crippen LogP contribution is -2.56. The van der Waals surface area contributed by atoms with Crippen LogP contribution in [0.3, 0.4) is 0 Å². The molecular weight excluding hydrogens is 352 g/mol. The third kappa shape index (κ3) is 3.72. The molecule has 5 N–H and O–H groups in total. The fraction of sp³-hybridized carbons (Fsp3) is 0.864. The van der Waals surface area contributed by atoms with E-state index in [0.717, 1.165) is 57.8 Å². The van der Waals surface area contributed by atoms with Gasteiger partial charge >= 0.3 is 0 Å². The minimum Gasteiger partial charge on any atom is -0.393 e. The van der Waals surface area contributed by atoms with E-state index in [-0.39, 0.29) is 34.7 Å². The molecule has 0 radical (unpaired) electrons. The van der Waals surface area contributed by atoms with E-state index in [1.807, 2.05) is 0 Å². The minimum atomic E-state index is -0.294. The van der Waals surface area contributed by atoms with E-state index >= 15 is 0 Å². The van der Waals surface area contributed by atoms with Crippen molar-refractivity contribution in [3.05, 3.63) is 0 Å². The normalized spacial score (nSPS) is 41.9. The molecule has 3 aliphatic carbocycles. The standard InChI is InChI=1S/C22H38N4O2/c1-4-14(9-12-25-26-20(23)24)22(3)11-8-18-17(19(22)28)6-5-15-13-16(27)7-10-21(15,18)2/h12,14-18,27H,4-11,13H2,1-3H3,(H4,23,24,26)/b25-12-/t14-,15?,16+,17-,18+,21+,22-/m1/s1. The summed E-state index contributed by atoms with van der Waals surface area (Å²) in [6.07, 6.45) is 10.3. The van der Waals surface area contributed by atoms with Crippen LogP contribution in [-0.2, 0) is 4.79 Å². The first-order valence-electron chi connectivity index (χ1n) is 11.0. The van der Waals surface area contributed by atoms with E-state index in [4.69, 9.17) is 11.5 Å². The molecule has 1 unspecified atom stereocenters. The molecule has 28 heavy (non-hydrogen) atoms. The summed E-state index contributed by atoms with van der Waals surface area (Å²) in [4.78, 5) is 13.7. The Hall–Kier alpha value is -1.43. The fourth-order valence-corrected chi connectivity index (χ4v) is 6.79. The molecule has 0 heterocycles. The number of nitrogens with zero attached hydrogens (tertiary/aromatic N) is 2. The lowest BCUT2D eigenvalue weighted by atomic mass is 9.46. The highest BCUT2D eigenvalue weighted by Gasteiger charge is 2.57. The van der Waals surface area contributed by atoms with Crippen molar-refractivity contribution in [2.75, 3.05) is 0 Å². The second-order valence-corrected chi connectivity index (χ2v) is 9.91. The number of hydrogen-bond acceptors (Lipinski definition) is 4. The van der Waals surface area contributed by atoms with Crippen LogP contribution in [0.4, 0.5) is 0 Å². The van der Waals surface area contributed by atoms with E-state index in [9.17, 15) is 9.90 Å². The van der Waals surface area contributed by atoms with Gasteiger partial charge in [0, 0.05) is 17.5 Å². The molecule has 0 aromatic rings. The van der Waals surface area contributed by atoms with Gasteiger partial charge in [0.05, 0.1) is 6.10 Å². The summed E-state index contributed by atoms with van der Waals surface area (Å²) in [6.45, 7) is 6.73. The van der Waals surface area contributed by atoms with Crippen molar-refractivity contribution in [3.63, 3.8) is 0 Å². The average molecular weight is 391 g/mol. The number of carbonyl (C=O) groups excluding carboxylic acids is 1. The predicted octanol–water partition coefficient (Wildman–Crippen LogP) is 3.22. The summed E-state index contributed by atoms with van der Waals surface area (Å²) in [5.41, 5.74) is 10.6. The number of nitrogens with two attached hydrogens (primary N) is 2. The molecule has 0 amide bonds. The van der Waals surface area contributed by atoms with Crippen LogP contribution < -0.4 is 11.5 Å². The Balaban J connectivity index is 1.76. The molecule has 6 nitrogen and oxygen atoms in total. The maximum Gasteiger partial charge on any atom is 0.211 e. The highest BCUT2D eigenvalue weighted by atomic mass is 16.3. The molecule has 3 rings (SSSR count). The van der Waals surface area contributed by atoms with E-state index in [1.165, 1.54) is 0 Å². The smallest absolute Gasteiger partial charge is 0.211 e. The largest absolute Gasteiger partial charge is 0.393 e. The summed E-state index contributed by atoms with van der Waals surface area (Å²) in [5, 5.41) is 17.8. The van der Waals surface area contributed by atoms with Crippen LogP contribution in [0.1, 0.15) is 78.6 Å². The number of Topliss-reactive ketones (excluding diaryl/α,β-unsaturated/α-hetero) is 1. The van der Waals surface area contributed by atoms with Crippen molar-refractivity contribution in [1.82, 2.24) is 0 Å². The molecule has 3 aliphatic rings. The van der Waals surface area contributed by atoms with Crippen LogP contribution in [0.15, 0.2) is 10.2 Å². The minimum absolute atomic E-state index is 0.0466. The van der Waals surface area contributed by atoms with Gasteiger partial charge in [0.2, 0.25) is 5.96 Å². The van der Waals surface area contributed by atoms with Crippen molar-refractivity contribution >= 4 is 18.0 Å². The molecule has 0 bridgehead atoms. The molecule has 0 aliphatic heterocycles. The number of aliphatic hydroxyl groups excluding tert-OH is 1. The lowest BCUT2D eigenvalue weighted by molar-refractivity contribution is -0.157. The molecule has 7 atom stereocenters. The highest BCUT2D eigenvalue weighted by Crippen LogP contribution is 2.61. The predicted molar refractivity (Wildman–Crippen MR) is 113 cm³/mol. The van der Waals surface area contributed by atoms with Crippen LogP contribution in [0.2, 0.25) is 0 Å². The molecule has 0 aromatic heterocycles. The topological polar surface area (TPSA) is 114 Å². The number of carbonyl (C=O) groups is 1. The maximum atomic E-state index is 13.7. The zero-order chi connectivity index (χ0) is 20.5. The molecular formula is C22H38N4O2. The third-order valence-electron chi connectivity index (χ3n) is 8.58. The van der Waals surface area contributed by atoms with Crippen LogP contribution in [0, 0.1) is 34.5 Å². The SMILES string of the molecule is CC[C@H](C/C=N\N=C(N)N)[C@@]1(C)CC[C@H]2[C@@H](CCC3C[C@@H](O)CC[C@@]32C)C1=O. The third-order valence-corrected chi connectivity index (χ3v) is 8.58. The van der Waals surface area contributed by atoms with Gasteiger partial charge in [-0.3, -0.25) is 4.79 Å². The molecule has 0 saturated heterocycles. The van der Waals surface area contributed by atoms with Gasteiger partial charge in [-0.15, -0.1) is 5.10 Å². The van der Waals surface area contributed by atoms with E-state index < -0.39 is 0 Å². The summed E-state index contributed by atoms with van der Waals surface area (Å²) >= 11 is 0. The number of aliphatic hydroxyl groups is 1. The maximum absolute atomic E-state index is 13.7. The first-order chi connectivity index (χ1) is 13.2. The lowest BCUT2D eigenvalue weighted by Gasteiger charge is -2.58. The van der Waals surface area contributed by atoms with Gasteiger partial charge in [0.25, 0.3) is 0 Å². The number of rotatable bonds is 5. The van der Waals surface area contributed by atoms with Gasteiger partial charge in [-0.05, 0) is 74.5 Å². The summed E-state index contributed by atoms with van der Waals surface area (Å²) < 4.78 is 0. The first-order valence-corrected chi connectivity index (χ1v) is 11.0. The van der Waals surface area contributed by atoms with Crippen LogP contribution in [0.5, 0.6) is 0 Å². The second-order valence-electron chi connectivity index (χ2n) is 9.91. The van der Waals surface area contributed by atoms with Crippen LogP contribution in [0.25, 0.3) is 0 Å². The Morgan fingerprint density at radius 2 is 2.00 bits per heavy atom. The molecule has 3 fully saturated rings. The van der Waals surface area contributed by atoms with Crippen molar-refractivity contribution in [1.29, 1.82) is 0 Å². The quantitative estimate of drug-likeness (QED) is 0.380. The molecule has 0 aromatic carbocycles. The number of ketones is 1. The zero-order valence-electron chi connectivity index (χ0n) is 17.7. The van der Waals surface area contributed by atoms with Crippen molar-refractivity contribution in [2.24, 2.45) is 56.2 Å². The molecule has 6 heteroatoms. The fourth-order valence-electron chi connectivity index (χ4n) is 6.79. The second kappa shape index (κ2) is 8.13. The number of guanidine groups is 1. The van der Waals surface area contributed by atoms with Gasteiger partial charge in [-0.2, -0.15) is 5.10 Å². The van der Waals surface area contributed by atoms with E-state index in [1.54, 1.807) is 6.21 Å². The van der Waals surface area contributed by atoms with Gasteiger partial charge in [-0.1, -0.05) is 27.2 Å². The monoisotopic (exact) mass is 390 g/mol. The Bertz CT molecular complexity index is 644. The number of hydrogen-bond donors (Lipinski definition) is 3. The van der Waals surface area contributed by atoms with Gasteiger partial charge in [-0.25, -0.2) is 0 Å². The number of fused-ring (bicyclic) bond motifs is 3. The molecule has 3 saturated carbocycles. The Morgan fingerprint density at radius 3 is 2.68 bits per heavy atom. The Labute approximate surface area is 169 Å². The molecule has 0 spiro atoms. The summed E-state index contributed by atoms with van der Waals surface area (Å²) in [6, 6.07) is 0. The first kappa shape index (κ1) is 21.3. The van der Waals surface area contributed by atoms with Gasteiger partial charge in [0.1, 0.15) is 5.78 Å². The van der Waals surface area contributed by atoms with Crippen molar-refractivity contribution < 1.29 is 9.90 Å². The van der Waals surface area contributed by atoms with Crippen molar-refractivity contribution in [2.45, 2.75) is 84.7 Å².